The lowest BCUT2D eigenvalue weighted by atomic mass is 10.1. The summed E-state index contributed by atoms with van der Waals surface area (Å²) in [6, 6.07) is 20.1. The Kier molecular flexibility index (Phi) is 5.23. The fourth-order valence-corrected chi connectivity index (χ4v) is 4.02. The van der Waals surface area contributed by atoms with Gasteiger partial charge in [0, 0.05) is 32.4 Å². The molecule has 5 rings (SSSR count). The molecule has 0 unspecified atom stereocenters. The van der Waals surface area contributed by atoms with Gasteiger partial charge in [-0.25, -0.2) is 9.07 Å². The van der Waals surface area contributed by atoms with E-state index in [1.54, 1.807) is 27.9 Å². The molecule has 0 atom stereocenters. The summed E-state index contributed by atoms with van der Waals surface area (Å²) in [4.78, 5) is 17.3. The molecule has 0 radical (unpaired) electrons. The third-order valence-electron chi connectivity index (χ3n) is 5.70. The highest BCUT2D eigenvalue weighted by molar-refractivity contribution is 5.99. The van der Waals surface area contributed by atoms with Crippen molar-refractivity contribution in [3.8, 4) is 17.1 Å². The fraction of sp³-hybridized carbons (Fsp3) is 0.200. The number of halogens is 1. The van der Waals surface area contributed by atoms with E-state index in [0.717, 1.165) is 11.4 Å². The molecule has 162 valence electrons. The van der Waals surface area contributed by atoms with E-state index in [0.29, 0.717) is 48.9 Å². The van der Waals surface area contributed by atoms with Gasteiger partial charge in [-0.15, -0.1) is 0 Å². The number of hydrogen-bond donors (Lipinski definition) is 0. The van der Waals surface area contributed by atoms with Gasteiger partial charge in [0.1, 0.15) is 17.3 Å². The molecule has 2 aromatic carbocycles. The Balaban J connectivity index is 1.42. The molecular formula is C25H23FN4O2. The number of piperazine rings is 1. The van der Waals surface area contributed by atoms with Crippen LogP contribution in [0.3, 0.4) is 0 Å². The number of hydrogen-bond acceptors (Lipinski definition) is 4. The zero-order valence-electron chi connectivity index (χ0n) is 17.7. The van der Waals surface area contributed by atoms with Crippen LogP contribution in [0, 0.1) is 12.7 Å². The van der Waals surface area contributed by atoms with Crippen LogP contribution in [-0.4, -0.2) is 46.8 Å². The molecule has 1 amide bonds. The first-order valence-corrected chi connectivity index (χ1v) is 10.6. The number of carbonyl (C=O) groups excluding carboxylic acids is 1. The minimum Gasteiger partial charge on any atom is -0.460 e. The molecule has 1 aliphatic heterocycles. The van der Waals surface area contributed by atoms with Gasteiger partial charge in [0.15, 0.2) is 5.76 Å². The van der Waals surface area contributed by atoms with E-state index in [4.69, 9.17) is 4.42 Å². The first-order valence-electron chi connectivity index (χ1n) is 10.6. The molecule has 0 N–H and O–H groups in total. The number of aryl methyl sites for hydroxylation is 1. The highest BCUT2D eigenvalue weighted by Crippen LogP contribution is 2.28. The molecule has 3 heterocycles. The maximum atomic E-state index is 14.2. The molecule has 1 fully saturated rings. The Hall–Kier alpha value is -3.87. The Morgan fingerprint density at radius 2 is 1.66 bits per heavy atom. The smallest absolute Gasteiger partial charge is 0.257 e. The quantitative estimate of drug-likeness (QED) is 0.477. The zero-order chi connectivity index (χ0) is 22.1. The van der Waals surface area contributed by atoms with E-state index in [1.807, 2.05) is 60.4 Å². The average Bonchev–Trinajstić information content (AvgIpc) is 3.46. The van der Waals surface area contributed by atoms with Crippen LogP contribution in [0.25, 0.3) is 17.1 Å². The molecule has 0 bridgehead atoms. The minimum absolute atomic E-state index is 0.107. The van der Waals surface area contributed by atoms with Crippen molar-refractivity contribution in [3.05, 3.63) is 90.1 Å². The summed E-state index contributed by atoms with van der Waals surface area (Å²) < 4.78 is 21.7. The van der Waals surface area contributed by atoms with Crippen molar-refractivity contribution < 1.29 is 13.6 Å². The molecule has 32 heavy (non-hydrogen) atoms. The molecule has 2 aromatic heterocycles. The summed E-state index contributed by atoms with van der Waals surface area (Å²) in [5, 5.41) is 4.67. The zero-order valence-corrected chi connectivity index (χ0v) is 17.7. The number of nitrogens with zero attached hydrogens (tertiary/aromatic N) is 4. The number of anilines is 1. The summed E-state index contributed by atoms with van der Waals surface area (Å²) in [5.74, 6) is 0.966. The van der Waals surface area contributed by atoms with Crippen molar-refractivity contribution in [1.29, 1.82) is 0 Å². The van der Waals surface area contributed by atoms with Crippen LogP contribution in [0.2, 0.25) is 0 Å². The van der Waals surface area contributed by atoms with Crippen molar-refractivity contribution in [3.63, 3.8) is 0 Å². The number of aromatic nitrogens is 2. The van der Waals surface area contributed by atoms with Gasteiger partial charge < -0.3 is 14.2 Å². The van der Waals surface area contributed by atoms with Crippen molar-refractivity contribution in [2.75, 3.05) is 31.1 Å². The Bertz CT molecular complexity index is 1240. The molecule has 7 heteroatoms. The van der Waals surface area contributed by atoms with Crippen LogP contribution in [0.1, 0.15) is 16.1 Å². The van der Waals surface area contributed by atoms with Crippen LogP contribution in [0.15, 0.2) is 77.3 Å². The fourth-order valence-electron chi connectivity index (χ4n) is 4.02. The molecule has 4 aromatic rings. The molecule has 0 saturated carbocycles. The monoisotopic (exact) mass is 430 g/mol. The Labute approximate surface area is 185 Å². The molecule has 0 aliphatic carbocycles. The molecule has 6 nitrogen and oxygen atoms in total. The number of benzene rings is 2. The number of amides is 1. The lowest BCUT2D eigenvalue weighted by Crippen LogP contribution is -2.49. The number of carbonyl (C=O) groups is 1. The lowest BCUT2D eigenvalue weighted by molar-refractivity contribution is 0.0747. The Morgan fingerprint density at radius 3 is 2.34 bits per heavy atom. The second-order valence-electron chi connectivity index (χ2n) is 7.81. The van der Waals surface area contributed by atoms with Gasteiger partial charge >= 0.3 is 0 Å². The summed E-state index contributed by atoms with van der Waals surface area (Å²) >= 11 is 0. The van der Waals surface area contributed by atoms with E-state index in [9.17, 15) is 9.18 Å². The topological polar surface area (TPSA) is 54.5 Å². The third kappa shape index (κ3) is 3.77. The molecular weight excluding hydrogens is 407 g/mol. The van der Waals surface area contributed by atoms with E-state index >= 15 is 0 Å². The van der Waals surface area contributed by atoms with Gasteiger partial charge in [0.05, 0.1) is 16.9 Å². The summed E-state index contributed by atoms with van der Waals surface area (Å²) in [7, 11) is 0. The summed E-state index contributed by atoms with van der Waals surface area (Å²) in [5.41, 5.74) is 2.44. The molecule has 1 aliphatic rings. The highest BCUT2D eigenvalue weighted by Gasteiger charge is 2.28. The largest absolute Gasteiger partial charge is 0.460 e. The van der Waals surface area contributed by atoms with Gasteiger partial charge in [-0.05, 0) is 43.3 Å². The second-order valence-corrected chi connectivity index (χ2v) is 7.81. The van der Waals surface area contributed by atoms with Crippen LogP contribution in [0.5, 0.6) is 0 Å². The SMILES string of the molecule is Cc1ccc(-c2nn(-c3ccccc3)cc2C(=O)N2CCN(c3ccccc3F)CC2)o1. The van der Waals surface area contributed by atoms with Gasteiger partial charge in [-0.3, -0.25) is 4.79 Å². The van der Waals surface area contributed by atoms with Gasteiger partial charge in [0.25, 0.3) is 5.91 Å². The summed E-state index contributed by atoms with van der Waals surface area (Å²) in [6.45, 7) is 3.99. The normalized spacial score (nSPS) is 14.1. The number of furan rings is 1. The molecule has 1 saturated heterocycles. The third-order valence-corrected chi connectivity index (χ3v) is 5.70. The standard InChI is InChI=1S/C25H23FN4O2/c1-18-11-12-23(32-18)24-20(17-30(27-24)19-7-3-2-4-8-19)25(31)29-15-13-28(14-16-29)22-10-6-5-9-21(22)26/h2-12,17H,13-16H2,1H3. The van der Waals surface area contributed by atoms with E-state index in [-0.39, 0.29) is 11.7 Å². The van der Waals surface area contributed by atoms with Crippen molar-refractivity contribution >= 4 is 11.6 Å². The van der Waals surface area contributed by atoms with Gasteiger partial charge in [-0.1, -0.05) is 30.3 Å². The van der Waals surface area contributed by atoms with Crippen LogP contribution >= 0.6 is 0 Å². The van der Waals surface area contributed by atoms with Crippen LogP contribution < -0.4 is 4.90 Å². The van der Waals surface area contributed by atoms with Crippen LogP contribution in [0.4, 0.5) is 10.1 Å². The maximum Gasteiger partial charge on any atom is 0.257 e. The van der Waals surface area contributed by atoms with Gasteiger partial charge in [-0.2, -0.15) is 5.10 Å². The molecule has 0 spiro atoms. The second kappa shape index (κ2) is 8.34. The van der Waals surface area contributed by atoms with E-state index < -0.39 is 0 Å². The van der Waals surface area contributed by atoms with Crippen molar-refractivity contribution in [2.45, 2.75) is 6.92 Å². The lowest BCUT2D eigenvalue weighted by Gasteiger charge is -2.36. The van der Waals surface area contributed by atoms with Crippen molar-refractivity contribution in [1.82, 2.24) is 14.7 Å². The number of para-hydroxylation sites is 2. The summed E-state index contributed by atoms with van der Waals surface area (Å²) in [6.07, 6.45) is 1.76. The van der Waals surface area contributed by atoms with E-state index in [1.165, 1.54) is 6.07 Å². The first kappa shape index (κ1) is 20.1. The predicted molar refractivity (Wildman–Crippen MR) is 121 cm³/mol. The Morgan fingerprint density at radius 1 is 0.938 bits per heavy atom. The van der Waals surface area contributed by atoms with E-state index in [2.05, 4.69) is 5.10 Å². The average molecular weight is 430 g/mol. The van der Waals surface area contributed by atoms with Gasteiger partial charge in [0.2, 0.25) is 0 Å². The number of rotatable bonds is 4. The first-order chi connectivity index (χ1) is 15.6. The van der Waals surface area contributed by atoms with Crippen LogP contribution in [-0.2, 0) is 0 Å². The minimum atomic E-state index is -0.244. The maximum absolute atomic E-state index is 14.2. The predicted octanol–water partition coefficient (Wildman–Crippen LogP) is 4.54. The van der Waals surface area contributed by atoms with Crippen molar-refractivity contribution in [2.24, 2.45) is 0 Å². The highest BCUT2D eigenvalue weighted by atomic mass is 19.1.